The molecule has 1 aromatic carbocycles. The molecule has 4 heteroatoms. The number of rotatable bonds is 1. The largest absolute Gasteiger partial charge is 0.308 e. The number of hydrazine groups is 1. The first-order valence-electron chi connectivity index (χ1n) is 4.97. The van der Waals surface area contributed by atoms with Crippen molar-refractivity contribution in [2.24, 2.45) is 5.84 Å². The van der Waals surface area contributed by atoms with E-state index in [0.717, 1.165) is 5.52 Å². The van der Waals surface area contributed by atoms with Crippen molar-refractivity contribution in [2.45, 2.75) is 20.8 Å². The molecule has 3 N–H and O–H groups in total. The van der Waals surface area contributed by atoms with E-state index in [1.54, 1.807) is 0 Å². The van der Waals surface area contributed by atoms with Gasteiger partial charge in [-0.3, -0.25) is 0 Å². The van der Waals surface area contributed by atoms with Crippen LogP contribution in [-0.4, -0.2) is 4.98 Å². The van der Waals surface area contributed by atoms with Crippen LogP contribution in [0.2, 0.25) is 0 Å². The Bertz CT molecular complexity index is 523. The van der Waals surface area contributed by atoms with Gasteiger partial charge in [0.1, 0.15) is 5.82 Å². The number of nitrogens with one attached hydrogen (secondary N) is 1. The van der Waals surface area contributed by atoms with Gasteiger partial charge in [-0.25, -0.2) is 10.8 Å². The number of pyridine rings is 1. The van der Waals surface area contributed by atoms with Crippen molar-refractivity contribution in [3.8, 4) is 0 Å². The molecule has 0 unspecified atom stereocenters. The maximum Gasteiger partial charge on any atom is 0.140 e. The number of anilines is 1. The molecule has 0 aliphatic carbocycles. The van der Waals surface area contributed by atoms with Crippen molar-refractivity contribution in [1.29, 1.82) is 0 Å². The van der Waals surface area contributed by atoms with Gasteiger partial charge in [-0.05, 0) is 43.5 Å². The van der Waals surface area contributed by atoms with Crippen LogP contribution in [0.3, 0.4) is 0 Å². The van der Waals surface area contributed by atoms with E-state index in [9.17, 15) is 0 Å². The molecule has 0 fully saturated rings. The van der Waals surface area contributed by atoms with E-state index in [2.05, 4.69) is 43.3 Å². The first-order valence-corrected chi connectivity index (χ1v) is 4.97. The molecule has 0 aliphatic rings. The molecule has 2 rings (SSSR count). The summed E-state index contributed by atoms with van der Waals surface area (Å²) in [4.78, 5) is 4.48. The number of benzene rings is 1. The van der Waals surface area contributed by atoms with Crippen molar-refractivity contribution < 1.29 is 0 Å². The van der Waals surface area contributed by atoms with Crippen molar-refractivity contribution in [2.75, 3.05) is 5.43 Å². The van der Waals surface area contributed by atoms with Gasteiger partial charge in [-0.1, -0.05) is 12.1 Å². The van der Waals surface area contributed by atoms with Gasteiger partial charge in [-0.2, -0.15) is 0 Å². The van der Waals surface area contributed by atoms with Gasteiger partial charge in [0.05, 0.1) is 5.52 Å². The predicted molar refractivity (Wildman–Crippen MR) is 71.0 cm³/mol. The zero-order chi connectivity index (χ0) is 11.0. The molecule has 0 amide bonds. The quantitative estimate of drug-likeness (QED) is 0.592. The summed E-state index contributed by atoms with van der Waals surface area (Å²) in [6.07, 6.45) is 0. The summed E-state index contributed by atoms with van der Waals surface area (Å²) in [6, 6.07) is 6.18. The second kappa shape index (κ2) is 4.68. The summed E-state index contributed by atoms with van der Waals surface area (Å²) in [5.41, 5.74) is 7.26. The standard InChI is InChI=1S/C12H15N3.ClH/c1-7-4-5-8(2)12-11(7)9(3)6-10(14-12)15-13;/h4-6H,13H2,1-3H3,(H,14,15);1H. The van der Waals surface area contributed by atoms with Crippen LogP contribution in [0.25, 0.3) is 10.9 Å². The first kappa shape index (κ1) is 12.7. The lowest BCUT2D eigenvalue weighted by Crippen LogP contribution is -2.09. The molecule has 86 valence electrons. The molecule has 0 spiro atoms. The van der Waals surface area contributed by atoms with Crippen LogP contribution in [0, 0.1) is 20.8 Å². The van der Waals surface area contributed by atoms with Crippen LogP contribution in [-0.2, 0) is 0 Å². The van der Waals surface area contributed by atoms with Crippen molar-refractivity contribution in [1.82, 2.24) is 4.98 Å². The van der Waals surface area contributed by atoms with Crippen molar-refractivity contribution in [3.63, 3.8) is 0 Å². The fourth-order valence-electron chi connectivity index (χ4n) is 1.94. The Hall–Kier alpha value is -1.32. The monoisotopic (exact) mass is 237 g/mol. The molecular weight excluding hydrogens is 222 g/mol. The highest BCUT2D eigenvalue weighted by Crippen LogP contribution is 2.25. The summed E-state index contributed by atoms with van der Waals surface area (Å²) in [6.45, 7) is 6.25. The van der Waals surface area contributed by atoms with Gasteiger partial charge in [0.15, 0.2) is 0 Å². The van der Waals surface area contributed by atoms with Crippen LogP contribution in [0.5, 0.6) is 0 Å². The smallest absolute Gasteiger partial charge is 0.140 e. The van der Waals surface area contributed by atoms with E-state index < -0.39 is 0 Å². The maximum atomic E-state index is 5.39. The molecule has 1 heterocycles. The molecule has 1 aromatic heterocycles. The number of halogens is 1. The average Bonchev–Trinajstić information content (AvgIpc) is 2.23. The Kier molecular flexibility index (Phi) is 3.73. The fraction of sp³-hybridized carbons (Fsp3) is 0.250. The highest BCUT2D eigenvalue weighted by Gasteiger charge is 2.06. The number of nitrogen functional groups attached to an aromatic ring is 1. The number of aromatic nitrogens is 1. The van der Waals surface area contributed by atoms with Crippen LogP contribution in [0.1, 0.15) is 16.7 Å². The van der Waals surface area contributed by atoms with Crippen molar-refractivity contribution >= 4 is 29.1 Å². The molecule has 16 heavy (non-hydrogen) atoms. The van der Waals surface area contributed by atoms with Gasteiger partial charge in [0.25, 0.3) is 0 Å². The minimum Gasteiger partial charge on any atom is -0.308 e. The van der Waals surface area contributed by atoms with E-state index >= 15 is 0 Å². The van der Waals surface area contributed by atoms with Crippen LogP contribution in [0.4, 0.5) is 5.82 Å². The summed E-state index contributed by atoms with van der Waals surface area (Å²) < 4.78 is 0. The number of hydrogen-bond acceptors (Lipinski definition) is 3. The molecular formula is C12H16ClN3. The first-order chi connectivity index (χ1) is 7.13. The zero-order valence-corrected chi connectivity index (χ0v) is 10.5. The highest BCUT2D eigenvalue weighted by molar-refractivity contribution is 5.89. The van der Waals surface area contributed by atoms with Gasteiger partial charge < -0.3 is 5.43 Å². The lowest BCUT2D eigenvalue weighted by molar-refractivity contribution is 1.23. The van der Waals surface area contributed by atoms with E-state index in [4.69, 9.17) is 5.84 Å². The van der Waals surface area contributed by atoms with E-state index in [0.29, 0.717) is 5.82 Å². The predicted octanol–water partition coefficient (Wildman–Crippen LogP) is 2.87. The Morgan fingerprint density at radius 3 is 2.31 bits per heavy atom. The van der Waals surface area contributed by atoms with Gasteiger partial charge in [0.2, 0.25) is 0 Å². The van der Waals surface area contributed by atoms with Crippen LogP contribution < -0.4 is 11.3 Å². The maximum absolute atomic E-state index is 5.39. The third-order valence-corrected chi connectivity index (χ3v) is 2.72. The molecule has 0 aliphatic heterocycles. The molecule has 0 saturated heterocycles. The average molecular weight is 238 g/mol. The second-order valence-electron chi connectivity index (χ2n) is 3.89. The molecule has 0 saturated carbocycles. The number of aryl methyl sites for hydroxylation is 3. The lowest BCUT2D eigenvalue weighted by atomic mass is 10.0. The van der Waals surface area contributed by atoms with E-state index in [1.165, 1.54) is 22.1 Å². The lowest BCUT2D eigenvalue weighted by Gasteiger charge is -2.10. The molecule has 0 bridgehead atoms. The minimum atomic E-state index is 0. The summed E-state index contributed by atoms with van der Waals surface area (Å²) in [7, 11) is 0. The SMILES string of the molecule is Cc1ccc(C)c2c(C)cc(NN)nc12.Cl. The highest BCUT2D eigenvalue weighted by atomic mass is 35.5. The normalized spacial score (nSPS) is 10.0. The summed E-state index contributed by atoms with van der Waals surface area (Å²) in [5, 5.41) is 1.23. The Morgan fingerprint density at radius 1 is 1.06 bits per heavy atom. The van der Waals surface area contributed by atoms with Gasteiger partial charge >= 0.3 is 0 Å². The Balaban J connectivity index is 0.00000128. The number of nitrogens with two attached hydrogens (primary N) is 1. The minimum absolute atomic E-state index is 0. The van der Waals surface area contributed by atoms with Gasteiger partial charge in [0, 0.05) is 5.39 Å². The molecule has 0 atom stereocenters. The van der Waals surface area contributed by atoms with E-state index in [1.807, 2.05) is 6.07 Å². The third-order valence-electron chi connectivity index (χ3n) is 2.72. The van der Waals surface area contributed by atoms with Crippen LogP contribution in [0.15, 0.2) is 18.2 Å². The molecule has 3 nitrogen and oxygen atoms in total. The molecule has 0 radical (unpaired) electrons. The zero-order valence-electron chi connectivity index (χ0n) is 9.66. The Morgan fingerprint density at radius 2 is 1.69 bits per heavy atom. The topological polar surface area (TPSA) is 50.9 Å². The number of hydrogen-bond donors (Lipinski definition) is 2. The number of fused-ring (bicyclic) bond motifs is 1. The molecule has 2 aromatic rings. The number of nitrogens with zero attached hydrogens (tertiary/aromatic N) is 1. The summed E-state index contributed by atoms with van der Waals surface area (Å²) in [5.74, 6) is 6.10. The second-order valence-corrected chi connectivity index (χ2v) is 3.89. The Labute approximate surface area is 101 Å². The van der Waals surface area contributed by atoms with Crippen molar-refractivity contribution in [3.05, 3.63) is 34.9 Å². The van der Waals surface area contributed by atoms with Crippen LogP contribution >= 0.6 is 12.4 Å². The van der Waals surface area contributed by atoms with E-state index in [-0.39, 0.29) is 12.4 Å². The third kappa shape index (κ3) is 1.96. The summed E-state index contributed by atoms with van der Waals surface area (Å²) >= 11 is 0. The fourth-order valence-corrected chi connectivity index (χ4v) is 1.94. The van der Waals surface area contributed by atoms with Gasteiger partial charge in [-0.15, -0.1) is 12.4 Å².